The molecule has 118 valence electrons. The van der Waals surface area contributed by atoms with Gasteiger partial charge in [-0.2, -0.15) is 4.31 Å². The Balaban J connectivity index is 2.26. The molecular formula is C16H26N2O2S. The molecule has 5 heteroatoms. The van der Waals surface area contributed by atoms with Gasteiger partial charge in [0.1, 0.15) is 0 Å². The molecule has 1 aromatic carbocycles. The summed E-state index contributed by atoms with van der Waals surface area (Å²) in [6, 6.07) is 6.12. The van der Waals surface area contributed by atoms with Gasteiger partial charge in [-0.25, -0.2) is 8.42 Å². The van der Waals surface area contributed by atoms with Gasteiger partial charge in [-0.1, -0.05) is 32.4 Å². The molecule has 1 saturated heterocycles. The van der Waals surface area contributed by atoms with Gasteiger partial charge in [0.2, 0.25) is 10.0 Å². The van der Waals surface area contributed by atoms with Crippen molar-refractivity contribution in [2.24, 2.45) is 0 Å². The Labute approximate surface area is 128 Å². The third-order valence-corrected chi connectivity index (χ3v) is 5.94. The molecule has 4 nitrogen and oxygen atoms in total. The van der Waals surface area contributed by atoms with Crippen LogP contribution >= 0.6 is 0 Å². The van der Waals surface area contributed by atoms with E-state index in [-0.39, 0.29) is 0 Å². The largest absolute Gasteiger partial charge is 0.310 e. The summed E-state index contributed by atoms with van der Waals surface area (Å²) in [4.78, 5) is 0.465. The maximum Gasteiger partial charge on any atom is 0.243 e. The van der Waals surface area contributed by atoms with E-state index in [1.54, 1.807) is 4.31 Å². The van der Waals surface area contributed by atoms with Crippen molar-refractivity contribution in [1.82, 2.24) is 9.62 Å². The van der Waals surface area contributed by atoms with E-state index in [0.29, 0.717) is 30.6 Å². The fraction of sp³-hybridized carbons (Fsp3) is 0.625. The minimum Gasteiger partial charge on any atom is -0.310 e. The molecule has 0 atom stereocenters. The summed E-state index contributed by atoms with van der Waals surface area (Å²) >= 11 is 0. The summed E-state index contributed by atoms with van der Waals surface area (Å²) < 4.78 is 27.2. The van der Waals surface area contributed by atoms with Crippen LogP contribution in [-0.2, 0) is 16.6 Å². The minimum atomic E-state index is -3.35. The predicted molar refractivity (Wildman–Crippen MR) is 85.8 cm³/mol. The van der Waals surface area contributed by atoms with Gasteiger partial charge in [-0.15, -0.1) is 0 Å². The summed E-state index contributed by atoms with van der Waals surface area (Å²) in [7, 11) is -3.35. The molecule has 0 amide bonds. The first kappa shape index (κ1) is 16.5. The van der Waals surface area contributed by atoms with Gasteiger partial charge >= 0.3 is 0 Å². The molecule has 1 aliphatic rings. The van der Waals surface area contributed by atoms with Crippen molar-refractivity contribution < 1.29 is 8.42 Å². The van der Waals surface area contributed by atoms with Crippen molar-refractivity contribution in [2.45, 2.75) is 57.5 Å². The number of rotatable bonds is 5. The van der Waals surface area contributed by atoms with Crippen LogP contribution in [0.5, 0.6) is 0 Å². The quantitative estimate of drug-likeness (QED) is 0.909. The predicted octanol–water partition coefficient (Wildman–Crippen LogP) is 2.67. The molecule has 1 N–H and O–H groups in total. The van der Waals surface area contributed by atoms with E-state index in [0.717, 1.165) is 30.4 Å². The Bertz CT molecular complexity index is 576. The first-order chi connectivity index (χ1) is 9.91. The van der Waals surface area contributed by atoms with E-state index in [1.165, 1.54) is 0 Å². The Morgan fingerprint density at radius 1 is 1.19 bits per heavy atom. The average Bonchev–Trinajstić information content (AvgIpc) is 2.47. The second kappa shape index (κ2) is 6.90. The molecule has 0 aliphatic carbocycles. The zero-order valence-electron chi connectivity index (χ0n) is 13.2. The highest BCUT2D eigenvalue weighted by Gasteiger charge is 2.27. The molecule has 0 unspecified atom stereocenters. The highest BCUT2D eigenvalue weighted by atomic mass is 32.2. The first-order valence-electron chi connectivity index (χ1n) is 7.74. The van der Waals surface area contributed by atoms with Gasteiger partial charge in [0, 0.05) is 25.7 Å². The Morgan fingerprint density at radius 3 is 2.48 bits per heavy atom. The number of piperidine rings is 1. The van der Waals surface area contributed by atoms with Crippen LogP contribution in [0.4, 0.5) is 0 Å². The number of benzene rings is 1. The van der Waals surface area contributed by atoms with Crippen LogP contribution in [-0.4, -0.2) is 31.9 Å². The normalized spacial score (nSPS) is 17.3. The first-order valence-corrected chi connectivity index (χ1v) is 9.18. The molecule has 2 rings (SSSR count). The minimum absolute atomic E-state index is 0.383. The lowest BCUT2D eigenvalue weighted by atomic mass is 10.1. The lowest BCUT2D eigenvalue weighted by molar-refractivity contribution is 0.346. The maximum atomic E-state index is 12.8. The summed E-state index contributed by atoms with van der Waals surface area (Å²) in [6.07, 6.45) is 3.06. The van der Waals surface area contributed by atoms with Gasteiger partial charge in [0.25, 0.3) is 0 Å². The van der Waals surface area contributed by atoms with Crippen molar-refractivity contribution in [2.75, 3.05) is 13.1 Å². The Morgan fingerprint density at radius 2 is 1.86 bits per heavy atom. The lowest BCUT2D eigenvalue weighted by Gasteiger charge is -2.26. The van der Waals surface area contributed by atoms with E-state index in [9.17, 15) is 8.42 Å². The summed E-state index contributed by atoms with van der Waals surface area (Å²) in [5.74, 6) is 0. The molecule has 0 radical (unpaired) electrons. The van der Waals surface area contributed by atoms with Gasteiger partial charge in [-0.05, 0) is 37.0 Å². The van der Waals surface area contributed by atoms with Gasteiger partial charge in [-0.3, -0.25) is 0 Å². The van der Waals surface area contributed by atoms with Crippen LogP contribution in [0.2, 0.25) is 0 Å². The highest BCUT2D eigenvalue weighted by Crippen LogP contribution is 2.24. The third kappa shape index (κ3) is 4.05. The van der Waals surface area contributed by atoms with Crippen molar-refractivity contribution in [1.29, 1.82) is 0 Å². The standard InChI is InChI=1S/C16H26N2O2S/c1-13(2)17-12-15-8-7-14(3)16(11-15)21(19,20)18-9-5-4-6-10-18/h7-8,11,13,17H,4-6,9-10,12H2,1-3H3. The van der Waals surface area contributed by atoms with E-state index < -0.39 is 10.0 Å². The molecule has 1 aromatic rings. The monoisotopic (exact) mass is 310 g/mol. The van der Waals surface area contributed by atoms with Crippen LogP contribution in [0.25, 0.3) is 0 Å². The van der Waals surface area contributed by atoms with Crippen LogP contribution < -0.4 is 5.32 Å². The molecule has 1 aliphatic heterocycles. The number of nitrogens with one attached hydrogen (secondary N) is 1. The third-order valence-electron chi connectivity index (χ3n) is 3.90. The number of hydrogen-bond acceptors (Lipinski definition) is 3. The smallest absolute Gasteiger partial charge is 0.243 e. The summed E-state index contributed by atoms with van der Waals surface area (Å²) in [5.41, 5.74) is 1.85. The second-order valence-electron chi connectivity index (χ2n) is 6.10. The van der Waals surface area contributed by atoms with E-state index in [2.05, 4.69) is 19.2 Å². The maximum absolute atomic E-state index is 12.8. The van der Waals surface area contributed by atoms with E-state index in [4.69, 9.17) is 0 Å². The molecule has 0 aromatic heterocycles. The van der Waals surface area contributed by atoms with E-state index >= 15 is 0 Å². The fourth-order valence-electron chi connectivity index (χ4n) is 2.60. The molecule has 21 heavy (non-hydrogen) atoms. The summed E-state index contributed by atoms with van der Waals surface area (Å²) in [6.45, 7) is 8.03. The zero-order chi connectivity index (χ0) is 15.5. The van der Waals surface area contributed by atoms with Gasteiger partial charge in [0.15, 0.2) is 0 Å². The van der Waals surface area contributed by atoms with Crippen molar-refractivity contribution >= 4 is 10.0 Å². The molecule has 0 saturated carbocycles. The zero-order valence-corrected chi connectivity index (χ0v) is 14.0. The van der Waals surface area contributed by atoms with Crippen molar-refractivity contribution in [3.63, 3.8) is 0 Å². The molecule has 0 bridgehead atoms. The lowest BCUT2D eigenvalue weighted by Crippen LogP contribution is -2.36. The second-order valence-corrected chi connectivity index (χ2v) is 8.01. The Hall–Kier alpha value is -0.910. The SMILES string of the molecule is Cc1ccc(CNC(C)C)cc1S(=O)(=O)N1CCCCC1. The van der Waals surface area contributed by atoms with Gasteiger partial charge < -0.3 is 5.32 Å². The number of hydrogen-bond donors (Lipinski definition) is 1. The Kier molecular flexibility index (Phi) is 5.41. The number of sulfonamides is 1. The number of aryl methyl sites for hydroxylation is 1. The van der Waals surface area contributed by atoms with Crippen molar-refractivity contribution in [3.8, 4) is 0 Å². The molecular weight excluding hydrogens is 284 g/mol. The number of nitrogens with zero attached hydrogens (tertiary/aromatic N) is 1. The van der Waals surface area contributed by atoms with Crippen molar-refractivity contribution in [3.05, 3.63) is 29.3 Å². The summed E-state index contributed by atoms with van der Waals surface area (Å²) in [5, 5.41) is 3.33. The fourth-order valence-corrected chi connectivity index (χ4v) is 4.39. The van der Waals surface area contributed by atoms with Crippen LogP contribution in [0.15, 0.2) is 23.1 Å². The van der Waals surface area contributed by atoms with E-state index in [1.807, 2.05) is 25.1 Å². The average molecular weight is 310 g/mol. The molecule has 1 fully saturated rings. The highest BCUT2D eigenvalue weighted by molar-refractivity contribution is 7.89. The molecule has 0 spiro atoms. The molecule has 1 heterocycles. The van der Waals surface area contributed by atoms with Crippen LogP contribution in [0, 0.1) is 6.92 Å². The van der Waals surface area contributed by atoms with Crippen LogP contribution in [0.1, 0.15) is 44.2 Å². The topological polar surface area (TPSA) is 49.4 Å². The van der Waals surface area contributed by atoms with Gasteiger partial charge in [0.05, 0.1) is 4.90 Å². The van der Waals surface area contributed by atoms with Crippen LogP contribution in [0.3, 0.4) is 0 Å².